The van der Waals surface area contributed by atoms with Gasteiger partial charge in [0.25, 0.3) is 5.91 Å². The molecule has 26 heavy (non-hydrogen) atoms. The summed E-state index contributed by atoms with van der Waals surface area (Å²) in [4.78, 5) is 20.5. The van der Waals surface area contributed by atoms with Gasteiger partial charge >= 0.3 is 0 Å². The summed E-state index contributed by atoms with van der Waals surface area (Å²) in [7, 11) is 0. The minimum absolute atomic E-state index is 0.0391. The van der Waals surface area contributed by atoms with E-state index in [-0.39, 0.29) is 22.3 Å². The SMILES string of the molecule is C=C1/C(=C(C)\C=C(/C)Nc2ncnc(N)c2Cl)C(=O)NC12CCCCC2. The zero-order valence-corrected chi connectivity index (χ0v) is 15.9. The first-order valence-electron chi connectivity index (χ1n) is 8.78. The van der Waals surface area contributed by atoms with Gasteiger partial charge in [-0.3, -0.25) is 4.79 Å². The van der Waals surface area contributed by atoms with Crippen LogP contribution in [0, 0.1) is 0 Å². The summed E-state index contributed by atoms with van der Waals surface area (Å²) in [6, 6.07) is 0. The number of anilines is 2. The molecular formula is C19H24ClN5O. The molecule has 1 saturated carbocycles. The number of carbonyl (C=O) groups is 1. The summed E-state index contributed by atoms with van der Waals surface area (Å²) < 4.78 is 0. The van der Waals surface area contributed by atoms with Gasteiger partial charge in [0.05, 0.1) is 5.54 Å². The summed E-state index contributed by atoms with van der Waals surface area (Å²) in [5.41, 5.74) is 8.68. The molecule has 1 spiro atoms. The van der Waals surface area contributed by atoms with E-state index in [0.717, 1.165) is 42.5 Å². The molecule has 138 valence electrons. The van der Waals surface area contributed by atoms with E-state index in [4.69, 9.17) is 17.3 Å². The van der Waals surface area contributed by atoms with E-state index >= 15 is 0 Å². The van der Waals surface area contributed by atoms with Crippen molar-refractivity contribution in [1.82, 2.24) is 15.3 Å². The van der Waals surface area contributed by atoms with Crippen LogP contribution in [0.3, 0.4) is 0 Å². The number of aromatic nitrogens is 2. The fourth-order valence-electron chi connectivity index (χ4n) is 3.82. The Morgan fingerprint density at radius 3 is 2.73 bits per heavy atom. The maximum Gasteiger partial charge on any atom is 0.252 e. The molecule has 0 bridgehead atoms. The Bertz CT molecular complexity index is 821. The molecule has 7 heteroatoms. The lowest BCUT2D eigenvalue weighted by atomic mass is 9.77. The second kappa shape index (κ2) is 7.11. The largest absolute Gasteiger partial charge is 0.382 e. The Balaban J connectivity index is 1.86. The maximum absolute atomic E-state index is 12.6. The van der Waals surface area contributed by atoms with E-state index in [1.807, 2.05) is 19.9 Å². The zero-order chi connectivity index (χ0) is 18.9. The molecule has 1 amide bonds. The average molecular weight is 374 g/mol. The van der Waals surface area contributed by atoms with E-state index in [9.17, 15) is 4.79 Å². The molecule has 1 aromatic rings. The number of carbonyl (C=O) groups excluding carboxylic acids is 1. The molecule has 2 aliphatic rings. The second-order valence-electron chi connectivity index (χ2n) is 7.01. The Kier molecular flexibility index (Phi) is 5.05. The molecule has 0 unspecified atom stereocenters. The van der Waals surface area contributed by atoms with Crippen LogP contribution >= 0.6 is 11.6 Å². The number of hydrogen-bond acceptors (Lipinski definition) is 5. The number of halogens is 1. The van der Waals surface area contributed by atoms with Crippen molar-refractivity contribution in [1.29, 1.82) is 0 Å². The monoisotopic (exact) mass is 373 g/mol. The Morgan fingerprint density at radius 1 is 1.35 bits per heavy atom. The molecule has 1 saturated heterocycles. The van der Waals surface area contributed by atoms with Gasteiger partial charge in [-0.15, -0.1) is 0 Å². The number of hydrogen-bond donors (Lipinski definition) is 3. The third-order valence-electron chi connectivity index (χ3n) is 5.13. The first-order valence-corrected chi connectivity index (χ1v) is 9.16. The molecule has 1 aliphatic heterocycles. The van der Waals surface area contributed by atoms with Crippen molar-refractivity contribution in [3.8, 4) is 0 Å². The van der Waals surface area contributed by atoms with Gasteiger partial charge in [-0.1, -0.05) is 37.4 Å². The zero-order valence-electron chi connectivity index (χ0n) is 15.2. The van der Waals surface area contributed by atoms with Gasteiger partial charge in [-0.2, -0.15) is 0 Å². The molecule has 2 heterocycles. The Labute approximate surface area is 158 Å². The first-order chi connectivity index (χ1) is 12.3. The number of amides is 1. The topological polar surface area (TPSA) is 92.9 Å². The fraction of sp³-hybridized carbons (Fsp3) is 0.421. The van der Waals surface area contributed by atoms with Crippen LogP contribution in [0.15, 0.2) is 41.4 Å². The Morgan fingerprint density at radius 2 is 2.04 bits per heavy atom. The summed E-state index contributed by atoms with van der Waals surface area (Å²) in [5, 5.41) is 6.57. The molecule has 0 aromatic carbocycles. The van der Waals surface area contributed by atoms with Gasteiger partial charge in [-0.05, 0) is 43.9 Å². The number of nitrogen functional groups attached to an aromatic ring is 1. The normalized spacial score (nSPS) is 21.7. The van der Waals surface area contributed by atoms with E-state index < -0.39 is 0 Å². The summed E-state index contributed by atoms with van der Waals surface area (Å²) in [6.07, 6.45) is 8.63. The van der Waals surface area contributed by atoms with Crippen molar-refractivity contribution in [2.75, 3.05) is 11.1 Å². The minimum atomic E-state index is -0.258. The number of nitrogens with one attached hydrogen (secondary N) is 2. The van der Waals surface area contributed by atoms with Crippen molar-refractivity contribution in [3.63, 3.8) is 0 Å². The Hall–Kier alpha value is -2.34. The molecule has 3 rings (SSSR count). The van der Waals surface area contributed by atoms with Gasteiger partial charge in [0.15, 0.2) is 5.82 Å². The van der Waals surface area contributed by atoms with Crippen LogP contribution in [0.4, 0.5) is 11.6 Å². The van der Waals surface area contributed by atoms with Crippen LogP contribution in [0.2, 0.25) is 5.02 Å². The van der Waals surface area contributed by atoms with Crippen LogP contribution in [-0.2, 0) is 4.79 Å². The summed E-state index contributed by atoms with van der Waals surface area (Å²) >= 11 is 6.11. The van der Waals surface area contributed by atoms with Crippen LogP contribution in [0.25, 0.3) is 0 Å². The maximum atomic E-state index is 12.6. The highest BCUT2D eigenvalue weighted by molar-refractivity contribution is 6.35. The van der Waals surface area contributed by atoms with Crippen molar-refractivity contribution in [2.45, 2.75) is 51.5 Å². The van der Waals surface area contributed by atoms with Crippen molar-refractivity contribution in [2.24, 2.45) is 0 Å². The van der Waals surface area contributed by atoms with E-state index in [1.54, 1.807) is 0 Å². The molecule has 0 atom stereocenters. The molecular weight excluding hydrogens is 350 g/mol. The number of allylic oxidation sites excluding steroid dienone is 3. The lowest BCUT2D eigenvalue weighted by Crippen LogP contribution is -2.43. The molecule has 1 aliphatic carbocycles. The van der Waals surface area contributed by atoms with Crippen molar-refractivity contribution < 1.29 is 4.79 Å². The third-order valence-corrected chi connectivity index (χ3v) is 5.50. The van der Waals surface area contributed by atoms with Gasteiger partial charge in [0.1, 0.15) is 17.2 Å². The summed E-state index contributed by atoms with van der Waals surface area (Å²) in [5.74, 6) is 0.613. The highest BCUT2D eigenvalue weighted by Crippen LogP contribution is 2.42. The molecule has 2 fully saturated rings. The van der Waals surface area contributed by atoms with Gasteiger partial charge in [-0.25, -0.2) is 9.97 Å². The molecule has 6 nitrogen and oxygen atoms in total. The van der Waals surface area contributed by atoms with Gasteiger partial charge < -0.3 is 16.4 Å². The predicted molar refractivity (Wildman–Crippen MR) is 105 cm³/mol. The van der Waals surface area contributed by atoms with Crippen LogP contribution in [0.1, 0.15) is 46.0 Å². The van der Waals surface area contributed by atoms with Gasteiger partial charge in [0, 0.05) is 11.3 Å². The van der Waals surface area contributed by atoms with E-state index in [1.165, 1.54) is 12.7 Å². The highest BCUT2D eigenvalue weighted by atomic mass is 35.5. The third kappa shape index (κ3) is 3.33. The smallest absolute Gasteiger partial charge is 0.252 e. The quantitative estimate of drug-likeness (QED) is 0.702. The lowest BCUT2D eigenvalue weighted by Gasteiger charge is -2.34. The minimum Gasteiger partial charge on any atom is -0.382 e. The number of nitrogens with zero attached hydrogens (tertiary/aromatic N) is 2. The molecule has 0 radical (unpaired) electrons. The number of nitrogens with two attached hydrogens (primary N) is 1. The van der Waals surface area contributed by atoms with Gasteiger partial charge in [0.2, 0.25) is 0 Å². The average Bonchev–Trinajstić information content (AvgIpc) is 2.82. The summed E-state index contributed by atoms with van der Waals surface area (Å²) in [6.45, 7) is 8.05. The van der Waals surface area contributed by atoms with Crippen LogP contribution < -0.4 is 16.4 Å². The number of rotatable bonds is 3. The second-order valence-corrected chi connectivity index (χ2v) is 7.39. The first kappa shape index (κ1) is 18.5. The fourth-order valence-corrected chi connectivity index (χ4v) is 3.97. The molecule has 4 N–H and O–H groups in total. The van der Waals surface area contributed by atoms with Crippen molar-refractivity contribution >= 4 is 29.1 Å². The van der Waals surface area contributed by atoms with E-state index in [2.05, 4.69) is 27.2 Å². The molecule has 1 aromatic heterocycles. The van der Waals surface area contributed by atoms with E-state index in [0.29, 0.717) is 11.4 Å². The standard InChI is InChI=1S/C19H24ClN5O/c1-11(9-12(2)24-17-15(20)16(21)22-10-23-17)14-13(3)19(25-18(14)26)7-5-4-6-8-19/h9-10H,3-8H2,1-2H3,(H,25,26)(H3,21,22,23,24)/b12-9+,14-11+. The predicted octanol–water partition coefficient (Wildman–Crippen LogP) is 3.73. The highest BCUT2D eigenvalue weighted by Gasteiger charge is 2.45. The van der Waals surface area contributed by atoms with Crippen molar-refractivity contribution in [3.05, 3.63) is 46.4 Å². The van der Waals surface area contributed by atoms with Crippen LogP contribution in [0.5, 0.6) is 0 Å². The van der Waals surface area contributed by atoms with Crippen LogP contribution in [-0.4, -0.2) is 21.4 Å². The lowest BCUT2D eigenvalue weighted by molar-refractivity contribution is -0.117.